The Morgan fingerprint density at radius 1 is 1.12 bits per heavy atom. The summed E-state index contributed by atoms with van der Waals surface area (Å²) in [5, 5.41) is 14.7. The van der Waals surface area contributed by atoms with Crippen molar-refractivity contribution >= 4 is 18.1 Å². The highest BCUT2D eigenvalue weighted by molar-refractivity contribution is 5.94. The first-order valence-corrected chi connectivity index (χ1v) is 7.28. The number of benzene rings is 1. The van der Waals surface area contributed by atoms with Crippen LogP contribution in [0.3, 0.4) is 0 Å². The molecule has 3 rings (SSSR count). The van der Waals surface area contributed by atoms with Gasteiger partial charge in [-0.25, -0.2) is 5.43 Å². The number of rotatable bonds is 5. The van der Waals surface area contributed by atoms with Crippen molar-refractivity contribution in [1.82, 2.24) is 10.4 Å². The van der Waals surface area contributed by atoms with Crippen LogP contribution < -0.4 is 10.5 Å². The molecule has 25 heavy (non-hydrogen) atoms. The minimum absolute atomic E-state index is 0.0628. The summed E-state index contributed by atoms with van der Waals surface area (Å²) in [6.07, 6.45) is 4.35. The predicted octanol–water partition coefficient (Wildman–Crippen LogP) is 1.47. The fraction of sp³-hybridized carbons (Fsp3) is 0. The highest BCUT2D eigenvalue weighted by Crippen LogP contribution is 2.22. The summed E-state index contributed by atoms with van der Waals surface area (Å²) in [5.74, 6) is -0.769. The summed E-state index contributed by atoms with van der Waals surface area (Å²) in [5.41, 5.74) is 3.41. The normalized spacial score (nSPS) is 10.7. The molecule has 0 bridgehead atoms. The number of nitrogens with one attached hydrogen (secondary N) is 1. The van der Waals surface area contributed by atoms with Crippen LogP contribution in [-0.2, 0) is 0 Å². The van der Waals surface area contributed by atoms with E-state index in [1.165, 1.54) is 24.5 Å². The molecule has 1 N–H and O–H groups in total. The van der Waals surface area contributed by atoms with Crippen molar-refractivity contribution in [2.75, 3.05) is 0 Å². The molecule has 1 aromatic carbocycles. The molecule has 0 aliphatic rings. The topological polar surface area (TPSA) is 108 Å². The number of carboxylic acid groups (broad SMARTS) is 1. The number of nitrogens with zero attached hydrogens (tertiary/aromatic N) is 2. The molecule has 2 heterocycles. The van der Waals surface area contributed by atoms with Crippen molar-refractivity contribution in [3.63, 3.8) is 0 Å². The third-order valence-corrected chi connectivity index (χ3v) is 3.29. The van der Waals surface area contributed by atoms with E-state index in [1.807, 2.05) is 0 Å². The largest absolute Gasteiger partial charge is 0.545 e. The SMILES string of the molecule is O=C([O-])c1cccc(-c2ccc(/C=N\NC(=O)c3cccnc3)o2)c1. The predicted molar refractivity (Wildman–Crippen MR) is 87.8 cm³/mol. The maximum absolute atomic E-state index is 11.8. The molecular formula is C18H12N3O4-. The molecule has 0 saturated heterocycles. The Morgan fingerprint density at radius 2 is 1.96 bits per heavy atom. The van der Waals surface area contributed by atoms with Gasteiger partial charge in [0.15, 0.2) is 0 Å². The molecule has 7 nitrogen and oxygen atoms in total. The number of aromatic carboxylic acids is 1. The van der Waals surface area contributed by atoms with E-state index in [1.54, 1.807) is 42.6 Å². The van der Waals surface area contributed by atoms with Crippen molar-refractivity contribution in [2.24, 2.45) is 5.10 Å². The monoisotopic (exact) mass is 334 g/mol. The first-order valence-electron chi connectivity index (χ1n) is 7.28. The van der Waals surface area contributed by atoms with Gasteiger partial charge < -0.3 is 14.3 Å². The highest BCUT2D eigenvalue weighted by atomic mass is 16.4. The number of pyridine rings is 1. The van der Waals surface area contributed by atoms with Crippen LogP contribution in [0.15, 0.2) is 70.4 Å². The fourth-order valence-corrected chi connectivity index (χ4v) is 2.09. The van der Waals surface area contributed by atoms with Crippen LogP contribution in [0.1, 0.15) is 26.5 Å². The summed E-state index contributed by atoms with van der Waals surface area (Å²) < 4.78 is 5.57. The second kappa shape index (κ2) is 7.22. The van der Waals surface area contributed by atoms with E-state index in [4.69, 9.17) is 4.42 Å². The summed E-state index contributed by atoms with van der Waals surface area (Å²) in [6, 6.07) is 12.8. The van der Waals surface area contributed by atoms with Gasteiger partial charge in [0.2, 0.25) is 0 Å². The number of carbonyl (C=O) groups is 2. The van der Waals surface area contributed by atoms with Gasteiger partial charge in [-0.1, -0.05) is 18.2 Å². The molecule has 0 aliphatic heterocycles. The van der Waals surface area contributed by atoms with Crippen LogP contribution in [0.5, 0.6) is 0 Å². The van der Waals surface area contributed by atoms with Gasteiger partial charge in [-0.05, 0) is 35.9 Å². The zero-order valence-electron chi connectivity index (χ0n) is 12.9. The number of hydrogen-bond donors (Lipinski definition) is 1. The molecule has 0 aliphatic carbocycles. The maximum Gasteiger partial charge on any atom is 0.272 e. The summed E-state index contributed by atoms with van der Waals surface area (Å²) >= 11 is 0. The number of furan rings is 1. The van der Waals surface area contributed by atoms with Gasteiger partial charge in [0.25, 0.3) is 5.91 Å². The van der Waals surface area contributed by atoms with Crippen LogP contribution >= 0.6 is 0 Å². The zero-order valence-corrected chi connectivity index (χ0v) is 12.9. The van der Waals surface area contributed by atoms with Gasteiger partial charge in [-0.3, -0.25) is 9.78 Å². The average Bonchev–Trinajstić information content (AvgIpc) is 3.11. The van der Waals surface area contributed by atoms with Crippen LogP contribution in [0.4, 0.5) is 0 Å². The second-order valence-electron chi connectivity index (χ2n) is 5.01. The van der Waals surface area contributed by atoms with Crippen LogP contribution in [0, 0.1) is 0 Å². The van der Waals surface area contributed by atoms with Gasteiger partial charge in [0.05, 0.1) is 17.7 Å². The van der Waals surface area contributed by atoms with Gasteiger partial charge in [0, 0.05) is 18.0 Å². The maximum atomic E-state index is 11.8. The molecule has 124 valence electrons. The lowest BCUT2D eigenvalue weighted by Crippen LogP contribution is -2.22. The molecule has 2 aromatic heterocycles. The number of aromatic nitrogens is 1. The van der Waals surface area contributed by atoms with Crippen LogP contribution in [0.25, 0.3) is 11.3 Å². The number of hydrazone groups is 1. The fourth-order valence-electron chi connectivity index (χ4n) is 2.09. The van der Waals surface area contributed by atoms with E-state index in [-0.39, 0.29) is 5.56 Å². The molecule has 0 saturated carbocycles. The number of hydrogen-bond acceptors (Lipinski definition) is 6. The van der Waals surface area contributed by atoms with Crippen LogP contribution in [0.2, 0.25) is 0 Å². The summed E-state index contributed by atoms with van der Waals surface area (Å²) in [6.45, 7) is 0. The molecule has 0 unspecified atom stereocenters. The third-order valence-electron chi connectivity index (χ3n) is 3.29. The summed E-state index contributed by atoms with van der Waals surface area (Å²) in [7, 11) is 0. The number of carbonyl (C=O) groups excluding carboxylic acids is 2. The van der Waals surface area contributed by atoms with E-state index >= 15 is 0 Å². The van der Waals surface area contributed by atoms with E-state index in [9.17, 15) is 14.7 Å². The van der Waals surface area contributed by atoms with E-state index in [0.717, 1.165) is 0 Å². The molecule has 0 fully saturated rings. The van der Waals surface area contributed by atoms with Crippen molar-refractivity contribution < 1.29 is 19.1 Å². The van der Waals surface area contributed by atoms with E-state index in [0.29, 0.717) is 22.6 Å². The lowest BCUT2D eigenvalue weighted by molar-refractivity contribution is -0.255. The quantitative estimate of drug-likeness (QED) is 0.561. The van der Waals surface area contributed by atoms with Crippen molar-refractivity contribution in [1.29, 1.82) is 0 Å². The molecule has 0 atom stereocenters. The van der Waals surface area contributed by atoms with E-state index < -0.39 is 11.9 Å². The van der Waals surface area contributed by atoms with Crippen molar-refractivity contribution in [2.45, 2.75) is 0 Å². The standard InChI is InChI=1S/C18H13N3O4/c22-17(14-5-2-8-19-10-14)21-20-11-15-6-7-16(25-15)12-3-1-4-13(9-12)18(23)24/h1-11H,(H,21,22)(H,23,24)/p-1/b20-11-. The van der Waals surface area contributed by atoms with Crippen LogP contribution in [-0.4, -0.2) is 23.1 Å². The molecule has 7 heteroatoms. The second-order valence-corrected chi connectivity index (χ2v) is 5.01. The van der Waals surface area contributed by atoms with Gasteiger partial charge in [-0.2, -0.15) is 5.10 Å². The highest BCUT2D eigenvalue weighted by Gasteiger charge is 2.06. The lowest BCUT2D eigenvalue weighted by Gasteiger charge is -2.03. The summed E-state index contributed by atoms with van der Waals surface area (Å²) in [4.78, 5) is 26.6. The first kappa shape index (κ1) is 16.1. The molecular weight excluding hydrogens is 322 g/mol. The lowest BCUT2D eigenvalue weighted by atomic mass is 10.1. The smallest absolute Gasteiger partial charge is 0.272 e. The van der Waals surface area contributed by atoms with Gasteiger partial charge in [-0.15, -0.1) is 0 Å². The van der Waals surface area contributed by atoms with Gasteiger partial charge >= 0.3 is 0 Å². The van der Waals surface area contributed by atoms with Gasteiger partial charge in [0.1, 0.15) is 11.5 Å². The number of amides is 1. The Labute approximate surface area is 142 Å². The number of carboxylic acids is 1. The Hall–Kier alpha value is -3.74. The third kappa shape index (κ3) is 3.97. The Morgan fingerprint density at radius 3 is 2.72 bits per heavy atom. The Kier molecular flexibility index (Phi) is 4.66. The minimum atomic E-state index is -1.26. The first-order chi connectivity index (χ1) is 12.1. The molecule has 1 amide bonds. The zero-order chi connectivity index (χ0) is 17.6. The van der Waals surface area contributed by atoms with E-state index in [2.05, 4.69) is 15.5 Å². The van der Waals surface area contributed by atoms with Crippen molar-refractivity contribution in [3.05, 3.63) is 77.8 Å². The Balaban J connectivity index is 1.68. The minimum Gasteiger partial charge on any atom is -0.545 e. The Bertz CT molecular complexity index is 932. The molecule has 3 aromatic rings. The molecule has 0 spiro atoms. The van der Waals surface area contributed by atoms with Crippen molar-refractivity contribution in [3.8, 4) is 11.3 Å². The average molecular weight is 334 g/mol. The molecule has 0 radical (unpaired) electrons.